The van der Waals surface area contributed by atoms with E-state index in [0.717, 1.165) is 68.7 Å². The number of aromatic amines is 1. The summed E-state index contributed by atoms with van der Waals surface area (Å²) >= 11 is 0. The topological polar surface area (TPSA) is 48.6 Å². The summed E-state index contributed by atoms with van der Waals surface area (Å²) in [5, 5.41) is 1.25. The normalized spacial score (nSPS) is 21.1. The molecule has 5 nitrogen and oxygen atoms in total. The molecular weight excluding hydrogens is 441 g/mol. The summed E-state index contributed by atoms with van der Waals surface area (Å²) in [7, 11) is 1.69. The molecule has 1 saturated carbocycles. The van der Waals surface area contributed by atoms with Crippen LogP contribution in [0.25, 0.3) is 10.9 Å². The van der Waals surface area contributed by atoms with Crippen molar-refractivity contribution in [2.75, 3.05) is 26.7 Å². The molecule has 1 aromatic heterocycles. The first-order valence-corrected chi connectivity index (χ1v) is 13.0. The van der Waals surface area contributed by atoms with Crippen molar-refractivity contribution in [3.63, 3.8) is 0 Å². The van der Waals surface area contributed by atoms with E-state index in [1.807, 2.05) is 18.2 Å². The van der Waals surface area contributed by atoms with Crippen molar-refractivity contribution >= 4 is 16.8 Å². The second-order valence-electron chi connectivity index (χ2n) is 10.7. The van der Waals surface area contributed by atoms with E-state index in [9.17, 15) is 9.18 Å². The monoisotopic (exact) mass is 475 g/mol. The van der Waals surface area contributed by atoms with Crippen molar-refractivity contribution < 1.29 is 13.9 Å². The van der Waals surface area contributed by atoms with Crippen LogP contribution < -0.4 is 4.74 Å². The molecule has 1 spiro atoms. The first-order valence-electron chi connectivity index (χ1n) is 13.0. The number of aromatic nitrogens is 1. The molecule has 1 atom stereocenters. The van der Waals surface area contributed by atoms with Crippen molar-refractivity contribution in [2.45, 2.75) is 57.0 Å². The second-order valence-corrected chi connectivity index (χ2v) is 10.7. The van der Waals surface area contributed by atoms with Crippen LogP contribution in [0.1, 0.15) is 61.9 Å². The number of likely N-dealkylation sites (tertiary alicyclic amines) is 1. The molecule has 1 saturated heterocycles. The van der Waals surface area contributed by atoms with Crippen LogP contribution in [0, 0.1) is 11.7 Å². The number of nitrogens with one attached hydrogen (secondary N) is 1. The van der Waals surface area contributed by atoms with Gasteiger partial charge in [0.25, 0.3) is 0 Å². The number of fused-ring (bicyclic) bond motifs is 4. The Morgan fingerprint density at radius 2 is 1.94 bits per heavy atom. The lowest BCUT2D eigenvalue weighted by Crippen LogP contribution is -2.54. The van der Waals surface area contributed by atoms with Gasteiger partial charge < -0.3 is 14.6 Å². The van der Waals surface area contributed by atoms with E-state index < -0.39 is 0 Å². The zero-order chi connectivity index (χ0) is 24.2. The van der Waals surface area contributed by atoms with Crippen molar-refractivity contribution in [1.29, 1.82) is 0 Å². The fourth-order valence-electron chi connectivity index (χ4n) is 6.57. The molecule has 3 aliphatic rings. The van der Waals surface area contributed by atoms with Gasteiger partial charge in [-0.3, -0.25) is 9.69 Å². The van der Waals surface area contributed by atoms with Crippen molar-refractivity contribution in [3.05, 3.63) is 65.1 Å². The Labute approximate surface area is 206 Å². The van der Waals surface area contributed by atoms with Crippen LogP contribution in [0.3, 0.4) is 0 Å². The molecule has 184 valence electrons. The van der Waals surface area contributed by atoms with Gasteiger partial charge in [0.15, 0.2) is 0 Å². The smallest absolute Gasteiger partial charge is 0.225 e. The molecule has 0 radical (unpaired) electrons. The summed E-state index contributed by atoms with van der Waals surface area (Å²) in [4.78, 5) is 21.2. The average molecular weight is 476 g/mol. The molecule has 1 aliphatic carbocycles. The predicted octanol–water partition coefficient (Wildman–Crippen LogP) is 5.55. The number of hydrogen-bond donors (Lipinski definition) is 1. The molecule has 2 fully saturated rings. The molecule has 3 aromatic rings. The van der Waals surface area contributed by atoms with Gasteiger partial charge >= 0.3 is 0 Å². The van der Waals surface area contributed by atoms with Gasteiger partial charge in [-0.05, 0) is 56.4 Å². The Kier molecular flexibility index (Phi) is 5.59. The Morgan fingerprint density at radius 1 is 1.17 bits per heavy atom. The lowest BCUT2D eigenvalue weighted by Gasteiger charge is -2.50. The van der Waals surface area contributed by atoms with Gasteiger partial charge in [0.05, 0.1) is 7.11 Å². The predicted molar refractivity (Wildman–Crippen MR) is 135 cm³/mol. The maximum Gasteiger partial charge on any atom is 0.225 e. The maximum atomic E-state index is 14.7. The number of H-pyrrole nitrogens is 1. The van der Waals surface area contributed by atoms with Gasteiger partial charge in [0.2, 0.25) is 5.91 Å². The van der Waals surface area contributed by atoms with Gasteiger partial charge in [0.1, 0.15) is 11.6 Å². The summed E-state index contributed by atoms with van der Waals surface area (Å²) in [6.45, 7) is 5.30. The number of piperidine rings is 1. The zero-order valence-electron chi connectivity index (χ0n) is 20.6. The number of rotatable bonds is 4. The Morgan fingerprint density at radius 3 is 2.63 bits per heavy atom. The number of hydrogen-bond acceptors (Lipinski definition) is 3. The molecule has 0 bridgehead atoms. The Balaban J connectivity index is 1.37. The number of carbonyl (C=O) groups excluding carboxylic acids is 1. The number of ether oxygens (including phenoxy) is 1. The highest BCUT2D eigenvalue weighted by atomic mass is 19.1. The van der Waals surface area contributed by atoms with Gasteiger partial charge in [-0.1, -0.05) is 24.6 Å². The molecule has 1 N–H and O–H groups in total. The minimum Gasteiger partial charge on any atom is -0.497 e. The third-order valence-electron chi connectivity index (χ3n) is 8.87. The summed E-state index contributed by atoms with van der Waals surface area (Å²) in [5.74, 6) is 1.27. The molecule has 2 aromatic carbocycles. The summed E-state index contributed by atoms with van der Waals surface area (Å²) in [6, 6.07) is 13.4. The second kappa shape index (κ2) is 8.66. The summed E-state index contributed by atoms with van der Waals surface area (Å²) in [6.07, 6.45) is 5.13. The van der Waals surface area contributed by atoms with Gasteiger partial charge in [0, 0.05) is 71.8 Å². The lowest BCUT2D eigenvalue weighted by molar-refractivity contribution is -0.140. The molecule has 2 aliphatic heterocycles. The van der Waals surface area contributed by atoms with Crippen LogP contribution in [-0.2, 0) is 16.8 Å². The van der Waals surface area contributed by atoms with E-state index in [0.29, 0.717) is 5.91 Å². The molecule has 3 heterocycles. The van der Waals surface area contributed by atoms with E-state index in [1.165, 1.54) is 23.1 Å². The van der Waals surface area contributed by atoms with Crippen LogP contribution in [0.2, 0.25) is 0 Å². The summed E-state index contributed by atoms with van der Waals surface area (Å²) < 4.78 is 20.2. The van der Waals surface area contributed by atoms with Crippen LogP contribution in [0.4, 0.5) is 4.39 Å². The third-order valence-corrected chi connectivity index (χ3v) is 8.87. The number of methoxy groups -OCH3 is 1. The first kappa shape index (κ1) is 22.6. The fraction of sp³-hybridized carbons (Fsp3) is 0.483. The number of benzene rings is 2. The molecular formula is C29H34FN3O2. The lowest BCUT2D eigenvalue weighted by atomic mass is 9.68. The quantitative estimate of drug-likeness (QED) is 0.538. The molecule has 1 unspecified atom stereocenters. The molecule has 1 amide bonds. The largest absolute Gasteiger partial charge is 0.497 e. The van der Waals surface area contributed by atoms with E-state index in [2.05, 4.69) is 33.8 Å². The van der Waals surface area contributed by atoms with Crippen LogP contribution in [-0.4, -0.2) is 47.4 Å². The van der Waals surface area contributed by atoms with Crippen molar-refractivity contribution in [3.8, 4) is 5.75 Å². The molecule has 6 heteroatoms. The van der Waals surface area contributed by atoms with E-state index in [1.54, 1.807) is 19.2 Å². The number of halogens is 1. The van der Waals surface area contributed by atoms with Crippen LogP contribution in [0.15, 0.2) is 42.5 Å². The standard InChI is InChI=1S/C29H34FN3O2/c1-19(22-8-3-4-9-24(22)30)33-17-26-27(23-11-10-21(35-2)16-25(23)31-26)29(18-33)12-14-32(15-13-29)28(34)20-6-5-7-20/h3-4,8-11,16,19-20,31H,5-7,12-15,17-18H2,1-2H3. The third kappa shape index (κ3) is 3.74. The van der Waals surface area contributed by atoms with E-state index in [-0.39, 0.29) is 23.2 Å². The zero-order valence-corrected chi connectivity index (χ0v) is 20.6. The van der Waals surface area contributed by atoms with Crippen LogP contribution in [0.5, 0.6) is 5.75 Å². The van der Waals surface area contributed by atoms with Gasteiger partial charge in [-0.2, -0.15) is 0 Å². The van der Waals surface area contributed by atoms with E-state index >= 15 is 0 Å². The van der Waals surface area contributed by atoms with Gasteiger partial charge in [-0.15, -0.1) is 0 Å². The van der Waals surface area contributed by atoms with E-state index in [4.69, 9.17) is 4.74 Å². The fourth-order valence-corrected chi connectivity index (χ4v) is 6.57. The highest BCUT2D eigenvalue weighted by molar-refractivity contribution is 5.87. The number of nitrogens with zero attached hydrogens (tertiary/aromatic N) is 2. The average Bonchev–Trinajstić information content (AvgIpc) is 3.21. The minimum absolute atomic E-state index is 0.0446. The number of amides is 1. The Bertz CT molecular complexity index is 1260. The highest BCUT2D eigenvalue weighted by Crippen LogP contribution is 2.48. The molecule has 6 rings (SSSR count). The van der Waals surface area contributed by atoms with Crippen molar-refractivity contribution in [2.24, 2.45) is 5.92 Å². The maximum absolute atomic E-state index is 14.7. The minimum atomic E-state index is -0.151. The first-order chi connectivity index (χ1) is 17.0. The highest BCUT2D eigenvalue weighted by Gasteiger charge is 2.46. The SMILES string of the molecule is COc1ccc2c3c([nH]c2c1)CN(C(C)c1ccccc1F)CC31CCN(C(=O)C2CCC2)CC1. The number of carbonyl (C=O) groups is 1. The molecule has 35 heavy (non-hydrogen) atoms. The van der Waals surface area contributed by atoms with Crippen molar-refractivity contribution in [1.82, 2.24) is 14.8 Å². The Hall–Kier alpha value is -2.86. The van der Waals surface area contributed by atoms with Gasteiger partial charge in [-0.25, -0.2) is 4.39 Å². The summed E-state index contributed by atoms with van der Waals surface area (Å²) in [5.41, 5.74) is 4.35. The van der Waals surface area contributed by atoms with Crippen LogP contribution >= 0.6 is 0 Å².